The highest BCUT2D eigenvalue weighted by atomic mass is 79.9. The van der Waals surface area contributed by atoms with E-state index in [0.717, 1.165) is 10.9 Å². The summed E-state index contributed by atoms with van der Waals surface area (Å²) in [4.78, 5) is 25.7. The molecule has 0 unspecified atom stereocenters. The average molecular weight is 319 g/mol. The van der Waals surface area contributed by atoms with E-state index in [2.05, 4.69) is 21.2 Å². The van der Waals surface area contributed by atoms with Crippen LogP contribution >= 0.6 is 27.3 Å². The van der Waals surface area contributed by atoms with Gasteiger partial charge >= 0.3 is 0 Å². The first-order valence-electron chi connectivity index (χ1n) is 5.33. The minimum atomic E-state index is -0.153. The van der Waals surface area contributed by atoms with Crippen molar-refractivity contribution in [2.45, 2.75) is 13.3 Å². The van der Waals surface area contributed by atoms with Gasteiger partial charge in [-0.2, -0.15) is 0 Å². The first-order chi connectivity index (χ1) is 8.10. The lowest BCUT2D eigenvalue weighted by atomic mass is 10.3. The van der Waals surface area contributed by atoms with Gasteiger partial charge in [-0.1, -0.05) is 6.92 Å². The fourth-order valence-corrected chi connectivity index (χ4v) is 2.87. The van der Waals surface area contributed by atoms with Crippen molar-refractivity contribution in [3.8, 4) is 0 Å². The van der Waals surface area contributed by atoms with E-state index in [1.165, 1.54) is 11.3 Å². The van der Waals surface area contributed by atoms with Gasteiger partial charge in [-0.05, 0) is 33.8 Å². The third-order valence-electron chi connectivity index (χ3n) is 2.21. The van der Waals surface area contributed by atoms with Crippen LogP contribution in [0.4, 0.5) is 0 Å². The Morgan fingerprint density at radius 2 is 2.24 bits per heavy atom. The van der Waals surface area contributed by atoms with Crippen molar-refractivity contribution in [1.29, 1.82) is 0 Å². The van der Waals surface area contributed by atoms with Gasteiger partial charge in [-0.25, -0.2) is 0 Å². The molecule has 1 aromatic rings. The summed E-state index contributed by atoms with van der Waals surface area (Å²) in [6.45, 7) is 2.66. The number of hydrogen-bond acceptors (Lipinski definition) is 3. The predicted octanol–water partition coefficient (Wildman–Crippen LogP) is 2.11. The molecule has 1 N–H and O–H groups in total. The molecule has 0 radical (unpaired) electrons. The number of nitrogens with zero attached hydrogens (tertiary/aromatic N) is 1. The second-order valence-electron chi connectivity index (χ2n) is 3.50. The number of thiophene rings is 1. The van der Waals surface area contributed by atoms with Crippen molar-refractivity contribution in [2.24, 2.45) is 0 Å². The van der Waals surface area contributed by atoms with Crippen LogP contribution in [0, 0.1) is 0 Å². The zero-order valence-corrected chi connectivity index (χ0v) is 12.2. The van der Waals surface area contributed by atoms with Crippen LogP contribution in [0.15, 0.2) is 15.9 Å². The van der Waals surface area contributed by atoms with Crippen molar-refractivity contribution in [2.75, 3.05) is 20.1 Å². The van der Waals surface area contributed by atoms with Crippen LogP contribution in [-0.4, -0.2) is 36.9 Å². The van der Waals surface area contributed by atoms with E-state index in [1.54, 1.807) is 11.9 Å². The molecule has 1 rings (SSSR count). The molecule has 0 aliphatic rings. The lowest BCUT2D eigenvalue weighted by Crippen LogP contribution is -2.39. The maximum absolute atomic E-state index is 12.2. The predicted molar refractivity (Wildman–Crippen MR) is 72.3 cm³/mol. The van der Waals surface area contributed by atoms with E-state index in [1.807, 2.05) is 18.4 Å². The van der Waals surface area contributed by atoms with E-state index in [0.29, 0.717) is 11.4 Å². The van der Waals surface area contributed by atoms with Crippen LogP contribution < -0.4 is 5.32 Å². The molecule has 17 heavy (non-hydrogen) atoms. The average Bonchev–Trinajstić information content (AvgIpc) is 2.73. The molecule has 4 nitrogen and oxygen atoms in total. The van der Waals surface area contributed by atoms with Crippen LogP contribution in [0.3, 0.4) is 0 Å². The van der Waals surface area contributed by atoms with E-state index >= 15 is 0 Å². The minimum Gasteiger partial charge on any atom is -0.358 e. The number of halogens is 1. The number of rotatable bonds is 5. The third kappa shape index (κ3) is 3.81. The number of carbonyl (C=O) groups excluding carboxylic acids is 2. The fourth-order valence-electron chi connectivity index (χ4n) is 1.36. The zero-order chi connectivity index (χ0) is 12.8. The Hall–Kier alpha value is -0.880. The highest BCUT2D eigenvalue weighted by Crippen LogP contribution is 2.24. The van der Waals surface area contributed by atoms with Gasteiger partial charge in [0, 0.05) is 18.1 Å². The molecule has 0 aliphatic heterocycles. The second-order valence-corrected chi connectivity index (χ2v) is 5.27. The van der Waals surface area contributed by atoms with Gasteiger partial charge in [0.15, 0.2) is 0 Å². The Labute approximate surface area is 113 Å². The SMILES string of the molecule is CCCN(CC(=O)NC)C(=O)c1sccc1Br. The number of likely N-dealkylation sites (N-methyl/N-ethyl adjacent to an activating group) is 1. The summed E-state index contributed by atoms with van der Waals surface area (Å²) in [5.41, 5.74) is 0. The summed E-state index contributed by atoms with van der Waals surface area (Å²) in [5, 5.41) is 4.38. The lowest BCUT2D eigenvalue weighted by molar-refractivity contribution is -0.121. The maximum atomic E-state index is 12.2. The van der Waals surface area contributed by atoms with Gasteiger partial charge in [0.25, 0.3) is 5.91 Å². The molecule has 0 saturated carbocycles. The highest BCUT2D eigenvalue weighted by Gasteiger charge is 2.20. The zero-order valence-electron chi connectivity index (χ0n) is 9.83. The third-order valence-corrected chi connectivity index (χ3v) is 4.03. The molecular formula is C11H15BrN2O2S. The number of nitrogens with one attached hydrogen (secondary N) is 1. The molecule has 1 aromatic heterocycles. The quantitative estimate of drug-likeness (QED) is 0.904. The Bertz CT molecular complexity index is 406. The fraction of sp³-hybridized carbons (Fsp3) is 0.455. The molecule has 0 spiro atoms. The van der Waals surface area contributed by atoms with Gasteiger partial charge in [-0.15, -0.1) is 11.3 Å². The van der Waals surface area contributed by atoms with Crippen molar-refractivity contribution in [3.05, 3.63) is 20.8 Å². The largest absolute Gasteiger partial charge is 0.358 e. The van der Waals surface area contributed by atoms with Gasteiger partial charge in [-0.3, -0.25) is 9.59 Å². The Morgan fingerprint density at radius 1 is 1.53 bits per heavy atom. The molecule has 94 valence electrons. The van der Waals surface area contributed by atoms with Crippen LogP contribution in [0.1, 0.15) is 23.0 Å². The first-order valence-corrected chi connectivity index (χ1v) is 7.00. The van der Waals surface area contributed by atoms with E-state index in [9.17, 15) is 9.59 Å². The normalized spacial score (nSPS) is 10.1. The van der Waals surface area contributed by atoms with Crippen molar-refractivity contribution < 1.29 is 9.59 Å². The molecule has 0 saturated heterocycles. The molecule has 0 aromatic carbocycles. The molecular weight excluding hydrogens is 304 g/mol. The highest BCUT2D eigenvalue weighted by molar-refractivity contribution is 9.10. The van der Waals surface area contributed by atoms with Gasteiger partial charge < -0.3 is 10.2 Å². The number of carbonyl (C=O) groups is 2. The van der Waals surface area contributed by atoms with Crippen LogP contribution in [0.2, 0.25) is 0 Å². The molecule has 1 heterocycles. The van der Waals surface area contributed by atoms with E-state index < -0.39 is 0 Å². The van der Waals surface area contributed by atoms with E-state index in [4.69, 9.17) is 0 Å². The molecule has 0 bridgehead atoms. The standard InChI is InChI=1S/C11H15BrN2O2S/c1-3-5-14(7-9(15)13-2)11(16)10-8(12)4-6-17-10/h4,6H,3,5,7H2,1-2H3,(H,13,15). The van der Waals surface area contributed by atoms with Gasteiger partial charge in [0.1, 0.15) is 4.88 Å². The summed E-state index contributed by atoms with van der Waals surface area (Å²) in [6.07, 6.45) is 0.825. The summed E-state index contributed by atoms with van der Waals surface area (Å²) in [7, 11) is 1.57. The maximum Gasteiger partial charge on any atom is 0.265 e. The van der Waals surface area contributed by atoms with Crippen LogP contribution in [0.5, 0.6) is 0 Å². The molecule has 0 fully saturated rings. The lowest BCUT2D eigenvalue weighted by Gasteiger charge is -2.20. The van der Waals surface area contributed by atoms with Gasteiger partial charge in [0.05, 0.1) is 6.54 Å². The monoisotopic (exact) mass is 318 g/mol. The first kappa shape index (κ1) is 14.2. The summed E-state index contributed by atoms with van der Waals surface area (Å²) in [6, 6.07) is 1.84. The second kappa shape index (κ2) is 6.76. The van der Waals surface area contributed by atoms with Crippen molar-refractivity contribution >= 4 is 39.1 Å². The number of amides is 2. The molecule has 2 amide bonds. The topological polar surface area (TPSA) is 49.4 Å². The van der Waals surface area contributed by atoms with E-state index in [-0.39, 0.29) is 18.4 Å². The summed E-state index contributed by atoms with van der Waals surface area (Å²) >= 11 is 4.71. The Balaban J connectivity index is 2.80. The van der Waals surface area contributed by atoms with Crippen molar-refractivity contribution in [3.63, 3.8) is 0 Å². The van der Waals surface area contributed by atoms with Crippen molar-refractivity contribution in [1.82, 2.24) is 10.2 Å². The molecule has 0 atom stereocenters. The summed E-state index contributed by atoms with van der Waals surface area (Å²) in [5.74, 6) is -0.253. The van der Waals surface area contributed by atoms with Crippen LogP contribution in [0.25, 0.3) is 0 Å². The Kier molecular flexibility index (Phi) is 5.64. The van der Waals surface area contributed by atoms with Crippen LogP contribution in [-0.2, 0) is 4.79 Å². The van der Waals surface area contributed by atoms with Gasteiger partial charge in [0.2, 0.25) is 5.91 Å². The minimum absolute atomic E-state index is 0.0997. The summed E-state index contributed by atoms with van der Waals surface area (Å²) < 4.78 is 0.783. The molecule has 0 aliphatic carbocycles. The smallest absolute Gasteiger partial charge is 0.265 e. The molecule has 6 heteroatoms. The Morgan fingerprint density at radius 3 is 2.71 bits per heavy atom. The number of hydrogen-bond donors (Lipinski definition) is 1.